The normalized spacial score (nSPS) is 15.0. The topological polar surface area (TPSA) is 99.7 Å². The van der Waals surface area contributed by atoms with E-state index in [9.17, 15) is 14.4 Å². The SMILES string of the molecule is CC(CC(=O)NC1CCCCC1)=NNC(=O)C(=O)Nc1cccc2ccccc12. The molecule has 1 aliphatic rings. The van der Waals surface area contributed by atoms with Crippen LogP contribution in [0.15, 0.2) is 47.6 Å². The van der Waals surface area contributed by atoms with E-state index in [0.29, 0.717) is 11.4 Å². The van der Waals surface area contributed by atoms with Crippen molar-refractivity contribution in [1.82, 2.24) is 10.7 Å². The Morgan fingerprint density at radius 3 is 2.48 bits per heavy atom. The first-order valence-corrected chi connectivity index (χ1v) is 9.94. The maximum atomic E-state index is 12.2. The number of nitrogens with one attached hydrogen (secondary N) is 3. The number of benzene rings is 2. The molecule has 3 rings (SSSR count). The van der Waals surface area contributed by atoms with Crippen LogP contribution in [0.4, 0.5) is 5.69 Å². The van der Waals surface area contributed by atoms with E-state index in [1.165, 1.54) is 6.42 Å². The molecule has 0 saturated heterocycles. The first-order valence-electron chi connectivity index (χ1n) is 9.94. The lowest BCUT2D eigenvalue weighted by molar-refractivity contribution is -0.136. The Morgan fingerprint density at radius 2 is 1.69 bits per heavy atom. The monoisotopic (exact) mass is 394 g/mol. The van der Waals surface area contributed by atoms with Crippen LogP contribution in [0.2, 0.25) is 0 Å². The lowest BCUT2D eigenvalue weighted by Crippen LogP contribution is -2.37. The number of amides is 3. The van der Waals surface area contributed by atoms with Crippen molar-refractivity contribution in [1.29, 1.82) is 0 Å². The highest BCUT2D eigenvalue weighted by molar-refractivity contribution is 6.40. The Hall–Kier alpha value is -3.22. The summed E-state index contributed by atoms with van der Waals surface area (Å²) in [5, 5.41) is 11.3. The van der Waals surface area contributed by atoms with Crippen LogP contribution in [0.3, 0.4) is 0 Å². The number of hydrogen-bond donors (Lipinski definition) is 3. The van der Waals surface area contributed by atoms with Crippen molar-refractivity contribution in [3.63, 3.8) is 0 Å². The van der Waals surface area contributed by atoms with E-state index < -0.39 is 11.8 Å². The van der Waals surface area contributed by atoms with Gasteiger partial charge < -0.3 is 10.6 Å². The molecule has 2 aromatic carbocycles. The number of carbonyl (C=O) groups excluding carboxylic acids is 3. The van der Waals surface area contributed by atoms with Crippen LogP contribution in [0.5, 0.6) is 0 Å². The number of hydrazone groups is 1. The van der Waals surface area contributed by atoms with Crippen molar-refractivity contribution >= 4 is 39.9 Å². The predicted octanol–water partition coefficient (Wildman–Crippen LogP) is 3.11. The zero-order valence-corrected chi connectivity index (χ0v) is 16.5. The number of carbonyl (C=O) groups is 3. The van der Waals surface area contributed by atoms with E-state index >= 15 is 0 Å². The Morgan fingerprint density at radius 1 is 0.966 bits per heavy atom. The number of fused-ring (bicyclic) bond motifs is 1. The molecule has 0 aliphatic heterocycles. The van der Waals surface area contributed by atoms with Crippen LogP contribution in [0.1, 0.15) is 45.4 Å². The minimum Gasteiger partial charge on any atom is -0.353 e. The summed E-state index contributed by atoms with van der Waals surface area (Å²) in [6.45, 7) is 1.64. The van der Waals surface area contributed by atoms with Crippen LogP contribution in [0, 0.1) is 0 Å². The molecule has 29 heavy (non-hydrogen) atoms. The molecule has 7 nitrogen and oxygen atoms in total. The molecule has 0 atom stereocenters. The van der Waals surface area contributed by atoms with Gasteiger partial charge in [-0.3, -0.25) is 14.4 Å². The van der Waals surface area contributed by atoms with Gasteiger partial charge in [-0.2, -0.15) is 5.10 Å². The van der Waals surface area contributed by atoms with E-state index in [1.807, 2.05) is 36.4 Å². The molecule has 1 aliphatic carbocycles. The average molecular weight is 394 g/mol. The van der Waals surface area contributed by atoms with Crippen molar-refractivity contribution in [3.8, 4) is 0 Å². The van der Waals surface area contributed by atoms with Crippen molar-refractivity contribution in [3.05, 3.63) is 42.5 Å². The number of hydrogen-bond acceptors (Lipinski definition) is 4. The summed E-state index contributed by atoms with van der Waals surface area (Å²) in [4.78, 5) is 36.3. The zero-order valence-electron chi connectivity index (χ0n) is 16.5. The number of rotatable bonds is 5. The lowest BCUT2D eigenvalue weighted by Gasteiger charge is -2.22. The van der Waals surface area contributed by atoms with Gasteiger partial charge in [0.05, 0.1) is 6.42 Å². The third-order valence-electron chi connectivity index (χ3n) is 4.98. The fraction of sp³-hybridized carbons (Fsp3) is 0.364. The quantitative estimate of drug-likeness (QED) is 0.413. The van der Waals surface area contributed by atoms with Gasteiger partial charge in [-0.05, 0) is 31.2 Å². The highest BCUT2D eigenvalue weighted by atomic mass is 16.2. The molecule has 0 spiro atoms. The molecule has 152 valence electrons. The molecular weight excluding hydrogens is 368 g/mol. The molecule has 0 aromatic heterocycles. The fourth-order valence-corrected chi connectivity index (χ4v) is 3.51. The highest BCUT2D eigenvalue weighted by Gasteiger charge is 2.17. The second-order valence-electron chi connectivity index (χ2n) is 7.35. The van der Waals surface area contributed by atoms with Crippen LogP contribution in [0.25, 0.3) is 10.8 Å². The minimum absolute atomic E-state index is 0.0850. The standard InChI is InChI=1S/C22H26N4O3/c1-15(14-20(27)23-17-10-3-2-4-11-17)25-26-22(29)21(28)24-19-13-7-9-16-8-5-6-12-18(16)19/h5-9,12-13,17H,2-4,10-11,14H2,1H3,(H,23,27)(H,24,28)(H,26,29). The third kappa shape index (κ3) is 5.88. The second-order valence-corrected chi connectivity index (χ2v) is 7.35. The van der Waals surface area contributed by atoms with Gasteiger partial charge in [0.15, 0.2) is 0 Å². The fourth-order valence-electron chi connectivity index (χ4n) is 3.51. The minimum atomic E-state index is -0.884. The van der Waals surface area contributed by atoms with Gasteiger partial charge >= 0.3 is 11.8 Å². The van der Waals surface area contributed by atoms with Gasteiger partial charge in [-0.25, -0.2) is 5.43 Å². The molecule has 7 heteroatoms. The predicted molar refractivity (Wildman–Crippen MR) is 113 cm³/mol. The van der Waals surface area contributed by atoms with Crippen molar-refractivity contribution in [2.24, 2.45) is 5.10 Å². The first kappa shape index (κ1) is 20.5. The molecule has 0 heterocycles. The Balaban J connectivity index is 1.50. The van der Waals surface area contributed by atoms with Crippen LogP contribution < -0.4 is 16.1 Å². The lowest BCUT2D eigenvalue weighted by atomic mass is 9.95. The Bertz CT molecular complexity index is 927. The summed E-state index contributed by atoms with van der Waals surface area (Å²) in [5.74, 6) is -1.82. The van der Waals surface area contributed by atoms with Crippen molar-refractivity contribution < 1.29 is 14.4 Å². The van der Waals surface area contributed by atoms with E-state index in [1.54, 1.807) is 13.0 Å². The van der Waals surface area contributed by atoms with Crippen LogP contribution in [-0.4, -0.2) is 29.5 Å². The molecule has 0 bridgehead atoms. The summed E-state index contributed by atoms with van der Waals surface area (Å²) in [5.41, 5.74) is 3.20. The largest absolute Gasteiger partial charge is 0.353 e. The maximum Gasteiger partial charge on any atom is 0.329 e. The van der Waals surface area contributed by atoms with E-state index in [0.717, 1.165) is 36.5 Å². The molecular formula is C22H26N4O3. The molecule has 0 unspecified atom stereocenters. The van der Waals surface area contributed by atoms with E-state index in [2.05, 4.69) is 21.2 Å². The first-order chi connectivity index (χ1) is 14.0. The number of anilines is 1. The van der Waals surface area contributed by atoms with Gasteiger partial charge in [-0.1, -0.05) is 55.7 Å². The summed E-state index contributed by atoms with van der Waals surface area (Å²) in [6.07, 6.45) is 5.60. The molecule has 2 aromatic rings. The Kier molecular flexibility index (Phi) is 6.94. The van der Waals surface area contributed by atoms with Crippen LogP contribution in [-0.2, 0) is 14.4 Å². The average Bonchev–Trinajstić information content (AvgIpc) is 2.73. The van der Waals surface area contributed by atoms with Crippen molar-refractivity contribution in [2.45, 2.75) is 51.5 Å². The Labute approximate surface area is 169 Å². The van der Waals surface area contributed by atoms with Crippen molar-refractivity contribution in [2.75, 3.05) is 5.32 Å². The van der Waals surface area contributed by atoms with Gasteiger partial charge in [-0.15, -0.1) is 0 Å². The highest BCUT2D eigenvalue weighted by Crippen LogP contribution is 2.22. The zero-order chi connectivity index (χ0) is 20.6. The van der Waals surface area contributed by atoms with E-state index in [-0.39, 0.29) is 18.4 Å². The molecule has 3 amide bonds. The summed E-state index contributed by atoms with van der Waals surface area (Å²) >= 11 is 0. The van der Waals surface area contributed by atoms with Gasteiger partial charge in [0, 0.05) is 22.8 Å². The summed E-state index contributed by atoms with van der Waals surface area (Å²) in [7, 11) is 0. The van der Waals surface area contributed by atoms with E-state index in [4.69, 9.17) is 0 Å². The maximum absolute atomic E-state index is 12.2. The summed E-state index contributed by atoms with van der Waals surface area (Å²) in [6, 6.07) is 13.3. The molecule has 1 fully saturated rings. The van der Waals surface area contributed by atoms with Gasteiger partial charge in [0.2, 0.25) is 5.91 Å². The molecule has 0 radical (unpaired) electrons. The third-order valence-corrected chi connectivity index (χ3v) is 4.98. The smallest absolute Gasteiger partial charge is 0.329 e. The van der Waals surface area contributed by atoms with Gasteiger partial charge in [0.1, 0.15) is 0 Å². The summed E-state index contributed by atoms with van der Waals surface area (Å²) < 4.78 is 0. The molecule has 1 saturated carbocycles. The molecule has 3 N–H and O–H groups in total. The second kappa shape index (κ2) is 9.82. The number of nitrogens with zero attached hydrogens (tertiary/aromatic N) is 1. The van der Waals surface area contributed by atoms with Gasteiger partial charge in [0.25, 0.3) is 0 Å². The van der Waals surface area contributed by atoms with Crippen LogP contribution >= 0.6 is 0 Å².